The predicted octanol–water partition coefficient (Wildman–Crippen LogP) is -7.04. The van der Waals surface area contributed by atoms with Crippen molar-refractivity contribution >= 4 is 23.2 Å². The maximum atomic E-state index is 11.0. The van der Waals surface area contributed by atoms with Gasteiger partial charge in [0.1, 0.15) is 0 Å². The highest BCUT2D eigenvalue weighted by molar-refractivity contribution is 7.79. The average molecular weight is 631 g/mol. The van der Waals surface area contributed by atoms with E-state index in [1.807, 2.05) is 0 Å². The Morgan fingerprint density at radius 1 is 0.732 bits per heavy atom. The van der Waals surface area contributed by atoms with E-state index in [-0.39, 0.29) is 12.8 Å². The summed E-state index contributed by atoms with van der Waals surface area (Å²) in [4.78, 5) is 46.3. The minimum absolute atomic E-state index is 0.0594. The molecule has 2 amide bonds. The lowest BCUT2D eigenvalue weighted by Gasteiger charge is -2.45. The number of carbonyl (C=O) groups is 2. The van der Waals surface area contributed by atoms with E-state index in [4.69, 9.17) is 46.9 Å². The molecule has 8 atom stereocenters. The third kappa shape index (κ3) is 7.33. The van der Waals surface area contributed by atoms with Crippen molar-refractivity contribution in [2.45, 2.75) is 62.4 Å². The second-order valence-electron chi connectivity index (χ2n) is 7.47. The fraction of sp³-hybridized carbons (Fsp3) is 0.833. The first-order valence-corrected chi connectivity index (χ1v) is 11.5. The van der Waals surface area contributed by atoms with Crippen molar-refractivity contribution in [3.63, 3.8) is 0 Å². The van der Waals surface area contributed by atoms with Gasteiger partial charge in [-0.05, 0) is 5.64 Å². The van der Waals surface area contributed by atoms with Gasteiger partial charge in [0.15, 0.2) is 35.0 Å². The molecule has 0 spiro atoms. The number of nitrogens with one attached hydrogen (secondary N) is 1. The zero-order valence-corrected chi connectivity index (χ0v) is 20.2. The number of rotatable bonds is 5. The molecule has 41 heavy (non-hydrogen) atoms. The summed E-state index contributed by atoms with van der Waals surface area (Å²) in [7, 11) is -4.67. The Hall–Kier alpha value is -3.27. The molecule has 6 bridgehead atoms. The standard InChI is InChI=1S/C6H6N4O8.C6H10N2O6.H3NO3.H2O4S/c11-9(12)7-1-2-8(10(13)14)4-3(7)17-6(18-4)5(15-1)16-2;9-1-7-3(11)5(13)8(2-10)6(14)4(7)12;2-1-4-3;1-5(2,3)4/h1-6H;1-6,11-14H;1-3H;(H2,1,2,3,4). The Bertz CT molecular complexity index is 940. The number of aliphatic hydroxyl groups is 4. The number of hydrogen-bond donors (Lipinski definition) is 9. The van der Waals surface area contributed by atoms with Gasteiger partial charge in [0.2, 0.25) is 50.3 Å². The number of aliphatic hydroxyl groups excluding tert-OH is 4. The first-order valence-electron chi connectivity index (χ1n) is 10.1. The monoisotopic (exact) mass is 631 g/mol. The van der Waals surface area contributed by atoms with Crippen LogP contribution in [0.25, 0.3) is 0 Å². The van der Waals surface area contributed by atoms with Crippen LogP contribution in [-0.4, -0.2) is 154 Å². The molecule has 0 saturated carbocycles. The number of piperazine rings is 2. The SMILES string of the molecule is O=CN1C(O)C(O)N(C=O)C(O)C1O.O=S(=O)(O)O.O=[N+]([O-])N1C2OC3OC2N([N+](=O)[O-])C2OC3OC21.ONOO. The summed E-state index contributed by atoms with van der Waals surface area (Å²) in [5, 5.41) is 72.8. The smallest absolute Gasteiger partial charge is 0.369 e. The van der Waals surface area contributed by atoms with Gasteiger partial charge in [0, 0.05) is 0 Å². The molecular weight excluding hydrogens is 610 g/mol. The lowest BCUT2D eigenvalue weighted by Crippen LogP contribution is -2.69. The Morgan fingerprint density at radius 3 is 1.10 bits per heavy atom. The maximum absolute atomic E-state index is 11.0. The highest BCUT2D eigenvalue weighted by Crippen LogP contribution is 2.45. The highest BCUT2D eigenvalue weighted by atomic mass is 32.3. The first-order chi connectivity index (χ1) is 19.0. The van der Waals surface area contributed by atoms with Gasteiger partial charge < -0.3 is 39.4 Å². The van der Waals surface area contributed by atoms with Gasteiger partial charge in [-0.3, -0.25) is 33.7 Å². The topological polar surface area (TPSA) is 388 Å². The lowest BCUT2D eigenvalue weighted by atomic mass is 10.2. The third-order valence-electron chi connectivity index (χ3n) is 5.26. The molecule has 6 saturated heterocycles. The summed E-state index contributed by atoms with van der Waals surface area (Å²) >= 11 is 0. The van der Waals surface area contributed by atoms with E-state index in [9.17, 15) is 50.2 Å². The summed E-state index contributed by atoms with van der Waals surface area (Å²) in [6.45, 7) is 0. The average Bonchev–Trinajstić information content (AvgIpc) is 3.43. The molecule has 0 aromatic heterocycles. The maximum Gasteiger partial charge on any atom is 0.394 e. The lowest BCUT2D eigenvalue weighted by molar-refractivity contribution is -0.747. The number of nitrogens with zero attached hydrogens (tertiary/aromatic N) is 6. The Labute approximate surface area is 224 Å². The van der Waals surface area contributed by atoms with Crippen LogP contribution in [0.1, 0.15) is 0 Å². The van der Waals surface area contributed by atoms with Crippen LogP contribution < -0.4 is 5.64 Å². The minimum Gasteiger partial charge on any atom is -0.369 e. The summed E-state index contributed by atoms with van der Waals surface area (Å²) in [6, 6.07) is 0. The zero-order valence-electron chi connectivity index (χ0n) is 19.4. The molecule has 9 N–H and O–H groups in total. The summed E-state index contributed by atoms with van der Waals surface area (Å²) in [6.07, 6.45) is -13.7. The molecule has 28 nitrogen and oxygen atoms in total. The van der Waals surface area contributed by atoms with Crippen LogP contribution in [0.4, 0.5) is 0 Å². The van der Waals surface area contributed by atoms with E-state index in [0.717, 1.165) is 5.64 Å². The molecule has 6 fully saturated rings. The Morgan fingerprint density at radius 2 is 0.951 bits per heavy atom. The molecule has 0 radical (unpaired) electrons. The van der Waals surface area contributed by atoms with Crippen molar-refractivity contribution in [1.29, 1.82) is 0 Å². The summed E-state index contributed by atoms with van der Waals surface area (Å²) in [5.41, 5.74) is 0.986. The van der Waals surface area contributed by atoms with Gasteiger partial charge in [0.25, 0.3) is 0 Å². The highest BCUT2D eigenvalue weighted by Gasteiger charge is 2.72. The molecule has 0 aromatic carbocycles. The molecule has 29 heteroatoms. The molecule has 6 aliphatic rings. The van der Waals surface area contributed by atoms with Crippen molar-refractivity contribution in [3.8, 4) is 0 Å². The second kappa shape index (κ2) is 13.6. The summed E-state index contributed by atoms with van der Waals surface area (Å²) < 4.78 is 52.5. The van der Waals surface area contributed by atoms with E-state index >= 15 is 0 Å². The largest absolute Gasteiger partial charge is 0.394 e. The third-order valence-corrected chi connectivity index (χ3v) is 5.26. The fourth-order valence-electron chi connectivity index (χ4n) is 3.75. The van der Waals surface area contributed by atoms with Crippen LogP contribution in [0, 0.1) is 20.2 Å². The molecule has 6 aliphatic heterocycles. The van der Waals surface area contributed by atoms with E-state index < -0.39 is 82.9 Å². The van der Waals surface area contributed by atoms with Crippen molar-refractivity contribution in [1.82, 2.24) is 25.5 Å². The Balaban J connectivity index is 0.000000227. The van der Waals surface area contributed by atoms with E-state index in [1.54, 1.807) is 0 Å². The predicted molar refractivity (Wildman–Crippen MR) is 107 cm³/mol. The Kier molecular flexibility index (Phi) is 11.3. The van der Waals surface area contributed by atoms with Crippen LogP contribution in [0.15, 0.2) is 0 Å². The van der Waals surface area contributed by atoms with Crippen LogP contribution in [0.3, 0.4) is 0 Å². The molecular formula is C12H21N7O21S. The molecule has 0 aromatic rings. The van der Waals surface area contributed by atoms with Crippen molar-refractivity contribution in [2.75, 3.05) is 0 Å². The molecule has 236 valence electrons. The quantitative estimate of drug-likeness (QED) is 0.0447. The molecule has 6 rings (SSSR count). The first kappa shape index (κ1) is 33.9. The van der Waals surface area contributed by atoms with Gasteiger partial charge in [0.05, 0.1) is 0 Å². The molecule has 6 heterocycles. The van der Waals surface area contributed by atoms with Gasteiger partial charge in [-0.1, -0.05) is 10.0 Å². The number of carbonyl (C=O) groups excluding carboxylic acids is 2. The molecule has 8 unspecified atom stereocenters. The van der Waals surface area contributed by atoms with Crippen molar-refractivity contribution in [2.24, 2.45) is 0 Å². The van der Waals surface area contributed by atoms with E-state index in [2.05, 4.69) is 4.99 Å². The summed E-state index contributed by atoms with van der Waals surface area (Å²) in [5.74, 6) is 0. The fourth-order valence-corrected chi connectivity index (χ4v) is 3.75. The number of amides is 2. The van der Waals surface area contributed by atoms with Gasteiger partial charge in [-0.2, -0.15) is 8.42 Å². The normalized spacial score (nSPS) is 36.2. The second-order valence-corrected chi connectivity index (χ2v) is 8.36. The van der Waals surface area contributed by atoms with Crippen LogP contribution in [0.2, 0.25) is 0 Å². The van der Waals surface area contributed by atoms with E-state index in [1.165, 1.54) is 0 Å². The van der Waals surface area contributed by atoms with Crippen LogP contribution >= 0.6 is 0 Å². The van der Waals surface area contributed by atoms with Crippen molar-refractivity contribution in [3.05, 3.63) is 20.2 Å². The van der Waals surface area contributed by atoms with Gasteiger partial charge in [-0.15, -0.1) is 4.99 Å². The number of ether oxygens (including phenoxy) is 4. The zero-order chi connectivity index (χ0) is 31.4. The van der Waals surface area contributed by atoms with Crippen LogP contribution in [-0.2, 0) is 43.9 Å². The molecule has 0 aliphatic carbocycles. The number of nitro groups is 2. The van der Waals surface area contributed by atoms with Gasteiger partial charge in [-0.25, -0.2) is 25.5 Å². The minimum atomic E-state index is -4.67. The number of hydrogen-bond acceptors (Lipinski definition) is 20. The van der Waals surface area contributed by atoms with Gasteiger partial charge >= 0.3 is 10.4 Å². The van der Waals surface area contributed by atoms with E-state index in [0.29, 0.717) is 19.8 Å². The van der Waals surface area contributed by atoms with Crippen LogP contribution in [0.5, 0.6) is 0 Å². The van der Waals surface area contributed by atoms with Crippen molar-refractivity contribution < 1.29 is 92.0 Å². The number of hydrazine groups is 2.